The molecule has 1 fully saturated rings. The van der Waals surface area contributed by atoms with Crippen molar-refractivity contribution in [2.75, 3.05) is 5.32 Å². The van der Waals surface area contributed by atoms with Crippen LogP contribution in [0.5, 0.6) is 0 Å². The number of aromatic amines is 1. The maximum atomic E-state index is 12.4. The Labute approximate surface area is 139 Å². The number of hydrogen-bond donors (Lipinski definition) is 3. The largest absolute Gasteiger partial charge is 0.481 e. The van der Waals surface area contributed by atoms with Crippen molar-refractivity contribution in [3.63, 3.8) is 0 Å². The minimum atomic E-state index is -0.807. The second kappa shape index (κ2) is 6.82. The number of rotatable bonds is 4. The lowest BCUT2D eigenvalue weighted by atomic mass is 9.81. The molecule has 0 bridgehead atoms. The molecule has 3 N–H and O–H groups in total. The summed E-state index contributed by atoms with van der Waals surface area (Å²) in [5.41, 5.74) is 1.55. The van der Waals surface area contributed by atoms with Crippen molar-refractivity contribution >= 4 is 17.6 Å². The predicted octanol–water partition coefficient (Wildman–Crippen LogP) is 2.61. The number of carboxylic acids is 1. The van der Waals surface area contributed by atoms with E-state index >= 15 is 0 Å². The molecule has 1 saturated carbocycles. The van der Waals surface area contributed by atoms with Crippen LogP contribution in [0.1, 0.15) is 31.5 Å². The predicted molar refractivity (Wildman–Crippen MR) is 88.3 cm³/mol. The van der Waals surface area contributed by atoms with E-state index in [1.165, 1.54) is 0 Å². The van der Waals surface area contributed by atoms with Crippen LogP contribution >= 0.6 is 0 Å². The average molecular weight is 328 g/mol. The van der Waals surface area contributed by atoms with Gasteiger partial charge in [0.2, 0.25) is 5.91 Å². The molecule has 0 spiro atoms. The molecule has 1 amide bonds. The summed E-state index contributed by atoms with van der Waals surface area (Å²) in [6.07, 6.45) is 2.59. The highest BCUT2D eigenvalue weighted by molar-refractivity contribution is 5.93. The van der Waals surface area contributed by atoms with Gasteiger partial charge >= 0.3 is 5.97 Å². The van der Waals surface area contributed by atoms with E-state index in [4.69, 9.17) is 5.11 Å². The van der Waals surface area contributed by atoms with Crippen LogP contribution in [0.4, 0.5) is 5.69 Å². The SMILES string of the molecule is Cc1nc(-c2ccc(NC(=O)C3CCCC(C(=O)O)C3)cc2)n[nH]1. The molecule has 1 aliphatic rings. The highest BCUT2D eigenvalue weighted by atomic mass is 16.4. The number of carbonyl (C=O) groups is 2. The normalized spacial score (nSPS) is 20.5. The summed E-state index contributed by atoms with van der Waals surface area (Å²) in [5, 5.41) is 18.9. The third kappa shape index (κ3) is 3.61. The summed E-state index contributed by atoms with van der Waals surface area (Å²) in [5.74, 6) is -0.211. The number of aromatic nitrogens is 3. The number of carboxylic acid groups (broad SMARTS) is 1. The molecule has 1 aromatic carbocycles. The monoisotopic (exact) mass is 328 g/mol. The fourth-order valence-electron chi connectivity index (χ4n) is 3.07. The third-order valence-corrected chi connectivity index (χ3v) is 4.40. The maximum absolute atomic E-state index is 12.4. The fraction of sp³-hybridized carbons (Fsp3) is 0.412. The summed E-state index contributed by atoms with van der Waals surface area (Å²) in [6, 6.07) is 7.30. The van der Waals surface area contributed by atoms with E-state index in [1.54, 1.807) is 12.1 Å². The van der Waals surface area contributed by atoms with Crippen LogP contribution in [0, 0.1) is 18.8 Å². The zero-order chi connectivity index (χ0) is 17.1. The smallest absolute Gasteiger partial charge is 0.306 e. The van der Waals surface area contributed by atoms with Gasteiger partial charge in [0, 0.05) is 17.2 Å². The van der Waals surface area contributed by atoms with E-state index in [2.05, 4.69) is 20.5 Å². The van der Waals surface area contributed by atoms with Gasteiger partial charge in [0.1, 0.15) is 5.82 Å². The molecule has 3 rings (SSSR count). The first-order chi connectivity index (χ1) is 11.5. The molecule has 2 unspecified atom stereocenters. The molecular weight excluding hydrogens is 308 g/mol. The van der Waals surface area contributed by atoms with Crippen molar-refractivity contribution in [2.24, 2.45) is 11.8 Å². The second-order valence-electron chi connectivity index (χ2n) is 6.21. The molecule has 1 heterocycles. The molecule has 0 radical (unpaired) electrons. The van der Waals surface area contributed by atoms with Gasteiger partial charge in [0.15, 0.2) is 5.82 Å². The van der Waals surface area contributed by atoms with Gasteiger partial charge in [-0.3, -0.25) is 14.7 Å². The van der Waals surface area contributed by atoms with E-state index in [9.17, 15) is 9.59 Å². The van der Waals surface area contributed by atoms with Gasteiger partial charge in [-0.1, -0.05) is 6.42 Å². The van der Waals surface area contributed by atoms with Crippen LogP contribution < -0.4 is 5.32 Å². The van der Waals surface area contributed by atoms with Crippen molar-refractivity contribution < 1.29 is 14.7 Å². The Morgan fingerprint density at radius 1 is 1.21 bits per heavy atom. The maximum Gasteiger partial charge on any atom is 0.306 e. The molecule has 7 heteroatoms. The Balaban J connectivity index is 1.63. The lowest BCUT2D eigenvalue weighted by molar-refractivity contribution is -0.143. The van der Waals surface area contributed by atoms with E-state index in [0.29, 0.717) is 24.4 Å². The van der Waals surface area contributed by atoms with Gasteiger partial charge in [0.05, 0.1) is 5.92 Å². The summed E-state index contributed by atoms with van der Waals surface area (Å²) in [4.78, 5) is 27.7. The average Bonchev–Trinajstić information content (AvgIpc) is 3.02. The highest BCUT2D eigenvalue weighted by Crippen LogP contribution is 2.30. The summed E-state index contributed by atoms with van der Waals surface area (Å²) < 4.78 is 0. The number of benzene rings is 1. The van der Waals surface area contributed by atoms with Crippen molar-refractivity contribution in [1.82, 2.24) is 15.2 Å². The Morgan fingerprint density at radius 2 is 1.92 bits per heavy atom. The van der Waals surface area contributed by atoms with Crippen LogP contribution in [0.2, 0.25) is 0 Å². The first-order valence-corrected chi connectivity index (χ1v) is 8.06. The first kappa shape index (κ1) is 16.2. The second-order valence-corrected chi connectivity index (χ2v) is 6.21. The first-order valence-electron chi connectivity index (χ1n) is 8.06. The number of nitrogens with zero attached hydrogens (tertiary/aromatic N) is 2. The van der Waals surface area contributed by atoms with E-state index < -0.39 is 11.9 Å². The molecule has 2 atom stereocenters. The van der Waals surface area contributed by atoms with E-state index in [1.807, 2.05) is 19.1 Å². The van der Waals surface area contributed by atoms with E-state index in [-0.39, 0.29) is 11.8 Å². The van der Waals surface area contributed by atoms with Crippen LogP contribution in [0.3, 0.4) is 0 Å². The van der Waals surface area contributed by atoms with Crippen molar-refractivity contribution in [3.05, 3.63) is 30.1 Å². The Kier molecular flexibility index (Phi) is 4.59. The zero-order valence-corrected chi connectivity index (χ0v) is 13.5. The lowest BCUT2D eigenvalue weighted by Crippen LogP contribution is -2.30. The fourth-order valence-corrected chi connectivity index (χ4v) is 3.07. The third-order valence-electron chi connectivity index (χ3n) is 4.40. The van der Waals surface area contributed by atoms with Crippen LogP contribution in [0.15, 0.2) is 24.3 Å². The number of aliphatic carboxylic acids is 1. The summed E-state index contributed by atoms with van der Waals surface area (Å²) in [6.45, 7) is 1.83. The van der Waals surface area contributed by atoms with E-state index in [0.717, 1.165) is 24.2 Å². The van der Waals surface area contributed by atoms with Crippen molar-refractivity contribution in [2.45, 2.75) is 32.6 Å². The topological polar surface area (TPSA) is 108 Å². The minimum Gasteiger partial charge on any atom is -0.481 e. The van der Waals surface area contributed by atoms with Gasteiger partial charge in [-0.25, -0.2) is 4.98 Å². The molecule has 7 nitrogen and oxygen atoms in total. The number of amides is 1. The Bertz CT molecular complexity index is 739. The number of carbonyl (C=O) groups excluding carboxylic acids is 1. The zero-order valence-electron chi connectivity index (χ0n) is 13.5. The highest BCUT2D eigenvalue weighted by Gasteiger charge is 2.31. The van der Waals surface area contributed by atoms with Gasteiger partial charge < -0.3 is 10.4 Å². The van der Waals surface area contributed by atoms with Crippen LogP contribution in [0.25, 0.3) is 11.4 Å². The Hall–Kier alpha value is -2.70. The molecule has 0 saturated heterocycles. The van der Waals surface area contributed by atoms with Crippen LogP contribution in [-0.4, -0.2) is 32.2 Å². The number of H-pyrrole nitrogens is 1. The standard InChI is InChI=1S/C17H20N4O3/c1-10-18-15(21-20-10)11-5-7-14(8-6-11)19-16(22)12-3-2-4-13(9-12)17(23)24/h5-8,12-13H,2-4,9H2,1H3,(H,19,22)(H,23,24)(H,18,20,21). The van der Waals surface area contributed by atoms with Gasteiger partial charge in [-0.15, -0.1) is 0 Å². The van der Waals surface area contributed by atoms with Gasteiger partial charge in [-0.05, 0) is 50.5 Å². The summed E-state index contributed by atoms with van der Waals surface area (Å²) in [7, 11) is 0. The Morgan fingerprint density at radius 3 is 2.54 bits per heavy atom. The molecule has 1 aromatic heterocycles. The van der Waals surface area contributed by atoms with Gasteiger partial charge in [-0.2, -0.15) is 5.10 Å². The number of anilines is 1. The summed E-state index contributed by atoms with van der Waals surface area (Å²) >= 11 is 0. The molecule has 24 heavy (non-hydrogen) atoms. The number of hydrogen-bond acceptors (Lipinski definition) is 4. The minimum absolute atomic E-state index is 0.109. The molecule has 0 aliphatic heterocycles. The number of nitrogens with one attached hydrogen (secondary N) is 2. The van der Waals surface area contributed by atoms with Crippen LogP contribution in [-0.2, 0) is 9.59 Å². The van der Waals surface area contributed by atoms with Gasteiger partial charge in [0.25, 0.3) is 0 Å². The van der Waals surface area contributed by atoms with Crippen molar-refractivity contribution in [1.29, 1.82) is 0 Å². The molecule has 2 aromatic rings. The molecular formula is C17H20N4O3. The van der Waals surface area contributed by atoms with Crippen molar-refractivity contribution in [3.8, 4) is 11.4 Å². The molecule has 1 aliphatic carbocycles. The lowest BCUT2D eigenvalue weighted by Gasteiger charge is -2.25. The molecule has 126 valence electrons. The quantitative estimate of drug-likeness (QED) is 0.799. The number of aryl methyl sites for hydroxylation is 1.